The van der Waals surface area contributed by atoms with Crippen LogP contribution >= 0.6 is 0 Å². The predicted molar refractivity (Wildman–Crippen MR) is 101 cm³/mol. The first kappa shape index (κ1) is 19.3. The Balaban J connectivity index is 2.30. The molecule has 1 aromatic rings. The fraction of sp³-hybridized carbons (Fsp3) is 0.350. The van der Waals surface area contributed by atoms with E-state index in [4.69, 9.17) is 16.2 Å². The van der Waals surface area contributed by atoms with Gasteiger partial charge in [-0.25, -0.2) is 9.59 Å². The summed E-state index contributed by atoms with van der Waals surface area (Å²) in [6.45, 7) is 2.03. The molecule has 0 saturated carbocycles. The Morgan fingerprint density at radius 3 is 2.54 bits per heavy atom. The van der Waals surface area contributed by atoms with Gasteiger partial charge in [-0.15, -0.1) is 0 Å². The van der Waals surface area contributed by atoms with Crippen LogP contribution in [0.4, 0.5) is 4.79 Å². The Hall–Kier alpha value is -3.47. The molecule has 0 spiro atoms. The van der Waals surface area contributed by atoms with Crippen molar-refractivity contribution in [1.82, 2.24) is 10.0 Å². The molecule has 2 heterocycles. The van der Waals surface area contributed by atoms with E-state index in [1.165, 1.54) is 7.11 Å². The Bertz CT molecular complexity index is 916. The van der Waals surface area contributed by atoms with Crippen molar-refractivity contribution in [3.05, 3.63) is 58.6 Å². The highest BCUT2D eigenvalue weighted by atomic mass is 16.5. The highest BCUT2D eigenvalue weighted by molar-refractivity contribution is 5.91. The summed E-state index contributed by atoms with van der Waals surface area (Å²) in [6, 6.07) is 10.5. The lowest BCUT2D eigenvalue weighted by atomic mass is 9.80. The maximum Gasteiger partial charge on any atom is 0.339 e. The molecule has 4 N–H and O–H groups in total. The number of ether oxygens (including phenoxy) is 1. The number of rotatable bonds is 5. The number of allylic oxidation sites excluding steroid dienone is 1. The average molecular weight is 381 g/mol. The summed E-state index contributed by atoms with van der Waals surface area (Å²) in [5, 5.41) is 12.7. The zero-order valence-corrected chi connectivity index (χ0v) is 15.9. The molecule has 8 nitrogen and oxygen atoms in total. The minimum absolute atomic E-state index is 0.0169. The molecule has 0 bridgehead atoms. The van der Waals surface area contributed by atoms with Crippen LogP contribution in [0, 0.1) is 11.3 Å². The maximum atomic E-state index is 12.6. The Morgan fingerprint density at radius 2 is 2.00 bits per heavy atom. The van der Waals surface area contributed by atoms with Crippen LogP contribution in [0.3, 0.4) is 0 Å². The maximum absolute atomic E-state index is 12.6. The Labute approximate surface area is 163 Å². The van der Waals surface area contributed by atoms with Gasteiger partial charge < -0.3 is 16.2 Å². The number of esters is 1. The smallest absolute Gasteiger partial charge is 0.339 e. The predicted octanol–water partition coefficient (Wildman–Crippen LogP) is 2.21. The second-order valence-corrected chi connectivity index (χ2v) is 6.76. The monoisotopic (exact) mass is 381 g/mol. The molecular formula is C20H23N5O3. The number of hydrogen-bond donors (Lipinski definition) is 2. The molecule has 2 aliphatic rings. The first-order chi connectivity index (χ1) is 13.4. The number of methoxy groups -OCH3 is 1. The Kier molecular flexibility index (Phi) is 5.01. The van der Waals surface area contributed by atoms with Gasteiger partial charge in [0.15, 0.2) is 0 Å². The van der Waals surface area contributed by atoms with Crippen molar-refractivity contribution in [2.24, 2.45) is 11.5 Å². The van der Waals surface area contributed by atoms with Gasteiger partial charge in [-0.3, -0.25) is 5.01 Å². The van der Waals surface area contributed by atoms with E-state index in [9.17, 15) is 14.9 Å². The largest absolute Gasteiger partial charge is 0.466 e. The molecule has 8 heteroatoms. The molecule has 3 rings (SSSR count). The number of nitriles is 1. The van der Waals surface area contributed by atoms with Crippen molar-refractivity contribution in [2.75, 3.05) is 7.11 Å². The number of unbranched alkanes of at least 4 members (excludes halogenated alkanes) is 1. The summed E-state index contributed by atoms with van der Waals surface area (Å²) >= 11 is 0. The second-order valence-electron chi connectivity index (χ2n) is 6.76. The van der Waals surface area contributed by atoms with Crippen LogP contribution in [-0.4, -0.2) is 29.1 Å². The number of nitrogens with two attached hydrogens (primary N) is 2. The topological polar surface area (TPSA) is 126 Å². The lowest BCUT2D eigenvalue weighted by molar-refractivity contribution is -0.136. The van der Waals surface area contributed by atoms with Crippen LogP contribution in [-0.2, 0) is 15.1 Å². The second kappa shape index (κ2) is 7.27. The van der Waals surface area contributed by atoms with Crippen LogP contribution < -0.4 is 11.5 Å². The summed E-state index contributed by atoms with van der Waals surface area (Å²) in [5.74, 6) is -0.507. The van der Waals surface area contributed by atoms with Crippen molar-refractivity contribution >= 4 is 12.0 Å². The number of fused-ring (bicyclic) bond motifs is 1. The number of hydrazine groups is 1. The van der Waals surface area contributed by atoms with Gasteiger partial charge in [-0.05, 0) is 18.4 Å². The van der Waals surface area contributed by atoms with Crippen LogP contribution in [0.25, 0.3) is 0 Å². The van der Waals surface area contributed by atoms with Gasteiger partial charge in [-0.1, -0.05) is 43.7 Å². The van der Waals surface area contributed by atoms with Gasteiger partial charge >= 0.3 is 12.0 Å². The van der Waals surface area contributed by atoms with E-state index >= 15 is 0 Å². The summed E-state index contributed by atoms with van der Waals surface area (Å²) in [4.78, 5) is 24.9. The van der Waals surface area contributed by atoms with E-state index in [0.717, 1.165) is 23.4 Å². The lowest BCUT2D eigenvalue weighted by Gasteiger charge is -2.39. The summed E-state index contributed by atoms with van der Waals surface area (Å²) in [5.41, 5.74) is 12.7. The summed E-state index contributed by atoms with van der Waals surface area (Å²) in [6.07, 6.45) is 2.35. The molecule has 0 radical (unpaired) electrons. The number of nitrogens with zero attached hydrogens (tertiary/aromatic N) is 3. The van der Waals surface area contributed by atoms with Crippen molar-refractivity contribution in [2.45, 2.75) is 38.1 Å². The molecule has 146 valence electrons. The van der Waals surface area contributed by atoms with Crippen LogP contribution in [0.1, 0.15) is 38.2 Å². The zero-order chi connectivity index (χ0) is 20.5. The number of amides is 2. The third-order valence-electron chi connectivity index (χ3n) is 5.27. The highest BCUT2D eigenvalue weighted by Gasteiger charge is 2.60. The van der Waals surface area contributed by atoms with Gasteiger partial charge in [0.05, 0.1) is 12.7 Å². The van der Waals surface area contributed by atoms with Gasteiger partial charge in [-0.2, -0.15) is 10.3 Å². The fourth-order valence-corrected chi connectivity index (χ4v) is 4.07. The summed E-state index contributed by atoms with van der Waals surface area (Å²) in [7, 11) is 1.31. The van der Waals surface area contributed by atoms with Gasteiger partial charge in [0.25, 0.3) is 0 Å². The number of primary amides is 1. The van der Waals surface area contributed by atoms with Gasteiger partial charge in [0.2, 0.25) is 0 Å². The number of hydrogen-bond acceptors (Lipinski definition) is 6. The van der Waals surface area contributed by atoms with Crippen LogP contribution in [0.5, 0.6) is 0 Å². The number of carbonyl (C=O) groups excluding carboxylic acids is 2. The van der Waals surface area contributed by atoms with E-state index in [0.29, 0.717) is 17.7 Å². The molecule has 28 heavy (non-hydrogen) atoms. The van der Waals surface area contributed by atoms with Crippen LogP contribution in [0.15, 0.2) is 53.0 Å². The zero-order valence-electron chi connectivity index (χ0n) is 15.9. The highest BCUT2D eigenvalue weighted by Crippen LogP contribution is 2.55. The number of carbonyl (C=O) groups is 2. The fourth-order valence-electron chi connectivity index (χ4n) is 4.07. The molecule has 1 aromatic carbocycles. The van der Waals surface area contributed by atoms with Crippen molar-refractivity contribution in [1.29, 1.82) is 5.26 Å². The minimum atomic E-state index is -1.11. The molecule has 1 unspecified atom stereocenters. The standard InChI is InChI=1S/C20H23N5O3/c1-3-4-10-16-14(18(26)28-2)11-20(13-8-6-5-7-9-13)15(12-21)17(22)24(19(23)27)25(16)20/h5-9H,3-4,10-11,22H2,1-2H3,(H2,23,27). The molecule has 2 amide bonds. The minimum Gasteiger partial charge on any atom is -0.466 e. The van der Waals surface area contributed by atoms with Crippen molar-refractivity contribution < 1.29 is 14.3 Å². The molecule has 1 atom stereocenters. The van der Waals surface area contributed by atoms with Crippen molar-refractivity contribution in [3.63, 3.8) is 0 Å². The van der Waals surface area contributed by atoms with E-state index in [1.54, 1.807) is 5.01 Å². The lowest BCUT2D eigenvalue weighted by Crippen LogP contribution is -2.51. The molecule has 0 saturated heterocycles. The normalized spacial score (nSPS) is 21.0. The molecule has 0 aromatic heterocycles. The van der Waals surface area contributed by atoms with Gasteiger partial charge in [0, 0.05) is 12.1 Å². The number of urea groups is 1. The van der Waals surface area contributed by atoms with Crippen LogP contribution in [0.2, 0.25) is 0 Å². The molecule has 0 fully saturated rings. The van der Waals surface area contributed by atoms with E-state index in [2.05, 4.69) is 6.07 Å². The molecular weight excluding hydrogens is 358 g/mol. The first-order valence-electron chi connectivity index (χ1n) is 9.09. The van der Waals surface area contributed by atoms with E-state index in [1.807, 2.05) is 37.3 Å². The van der Waals surface area contributed by atoms with E-state index < -0.39 is 17.5 Å². The molecule has 2 aliphatic heterocycles. The average Bonchev–Trinajstić information content (AvgIpc) is 3.15. The SMILES string of the molecule is CCCCC1=C(C(=O)OC)CC2(c3ccccc3)C(C#N)=C(N)N(C(N)=O)N12. The quantitative estimate of drug-likeness (QED) is 0.753. The van der Waals surface area contributed by atoms with Crippen molar-refractivity contribution in [3.8, 4) is 6.07 Å². The number of benzene rings is 1. The van der Waals surface area contributed by atoms with E-state index in [-0.39, 0.29) is 17.8 Å². The third kappa shape index (κ3) is 2.59. The van der Waals surface area contributed by atoms with Gasteiger partial charge in [0.1, 0.15) is 23.0 Å². The summed E-state index contributed by atoms with van der Waals surface area (Å²) < 4.78 is 4.99. The first-order valence-corrected chi connectivity index (χ1v) is 9.09. The third-order valence-corrected chi connectivity index (χ3v) is 5.27. The molecule has 0 aliphatic carbocycles. The Morgan fingerprint density at radius 1 is 1.32 bits per heavy atom.